The zero-order valence-corrected chi connectivity index (χ0v) is 11.3. The van der Waals surface area contributed by atoms with Gasteiger partial charge in [-0.2, -0.15) is 0 Å². The lowest BCUT2D eigenvalue weighted by Crippen LogP contribution is -2.14. The fourth-order valence-corrected chi connectivity index (χ4v) is 1.66. The normalized spacial score (nSPS) is 12.1. The molecule has 1 rings (SSSR count). The summed E-state index contributed by atoms with van der Waals surface area (Å²) in [5, 5.41) is 0. The predicted molar refractivity (Wildman–Crippen MR) is 73.2 cm³/mol. The molecule has 0 amide bonds. The smallest absolute Gasteiger partial charge is 0.0771 e. The van der Waals surface area contributed by atoms with E-state index in [0.29, 0.717) is 0 Å². The number of hydrogen-bond acceptors (Lipinski definition) is 2. The Kier molecular flexibility index (Phi) is 5.86. The number of allylic oxidation sites excluding steroid dienone is 2. The Labute approximate surface area is 106 Å². The summed E-state index contributed by atoms with van der Waals surface area (Å²) in [5.41, 5.74) is 0.951. The van der Waals surface area contributed by atoms with Gasteiger partial charge in [-0.1, -0.05) is 6.07 Å². The van der Waals surface area contributed by atoms with Gasteiger partial charge in [-0.05, 0) is 60.3 Å². The van der Waals surface area contributed by atoms with E-state index in [1.807, 2.05) is 30.4 Å². The number of pyridine rings is 1. The van der Waals surface area contributed by atoms with Gasteiger partial charge in [0, 0.05) is 23.8 Å². The summed E-state index contributed by atoms with van der Waals surface area (Å²) in [6, 6.07) is 5.87. The molecule has 0 aliphatic heterocycles. The fraction of sp³-hybridized carbons (Fsp3) is 0.308. The zero-order valence-electron chi connectivity index (χ0n) is 9.73. The molecule has 0 spiro atoms. The topological polar surface area (TPSA) is 16.1 Å². The van der Waals surface area contributed by atoms with E-state index in [-0.39, 0.29) is 0 Å². The third kappa shape index (κ3) is 4.19. The van der Waals surface area contributed by atoms with Gasteiger partial charge in [0.2, 0.25) is 0 Å². The second kappa shape index (κ2) is 7.23. The van der Waals surface area contributed by atoms with Crippen molar-refractivity contribution in [3.63, 3.8) is 0 Å². The third-order valence-corrected chi connectivity index (χ3v) is 2.93. The summed E-state index contributed by atoms with van der Waals surface area (Å²) in [5.74, 6) is 0. The molecule has 0 fully saturated rings. The van der Waals surface area contributed by atoms with Crippen LogP contribution in [0, 0.1) is 0 Å². The molecular formula is C13H17BrN2. The Hall–Kier alpha value is -1.09. The van der Waals surface area contributed by atoms with Gasteiger partial charge in [0.05, 0.1) is 5.69 Å². The molecule has 16 heavy (non-hydrogen) atoms. The largest absolute Gasteiger partial charge is 0.378 e. The van der Waals surface area contributed by atoms with Crippen LogP contribution in [0.1, 0.15) is 19.5 Å². The first-order valence-corrected chi connectivity index (χ1v) is 6.26. The van der Waals surface area contributed by atoms with Crippen molar-refractivity contribution in [1.82, 2.24) is 9.88 Å². The highest BCUT2D eigenvalue weighted by atomic mass is 79.9. The summed E-state index contributed by atoms with van der Waals surface area (Å²) < 4.78 is 0.997. The van der Waals surface area contributed by atoms with Crippen molar-refractivity contribution >= 4 is 20.4 Å². The molecule has 0 aliphatic rings. The molecule has 0 atom stereocenters. The highest BCUT2D eigenvalue weighted by molar-refractivity contribution is 9.15. The molecular weight excluding hydrogens is 264 g/mol. The van der Waals surface area contributed by atoms with Crippen LogP contribution in [-0.4, -0.2) is 23.0 Å². The summed E-state index contributed by atoms with van der Waals surface area (Å²) >= 11 is 3.51. The highest BCUT2D eigenvalue weighted by Crippen LogP contribution is 2.18. The number of rotatable bonds is 5. The van der Waals surface area contributed by atoms with Gasteiger partial charge in [0.15, 0.2) is 0 Å². The summed E-state index contributed by atoms with van der Waals surface area (Å²) in [7, 11) is 0. The lowest BCUT2D eigenvalue weighted by atomic mass is 10.3. The number of nitrogens with zero attached hydrogens (tertiary/aromatic N) is 2. The van der Waals surface area contributed by atoms with E-state index in [1.165, 1.54) is 0 Å². The molecule has 86 valence electrons. The van der Waals surface area contributed by atoms with Gasteiger partial charge in [0.1, 0.15) is 0 Å². The van der Waals surface area contributed by atoms with Crippen LogP contribution in [-0.2, 0) is 0 Å². The van der Waals surface area contributed by atoms with Crippen LogP contribution in [0.5, 0.6) is 0 Å². The molecule has 3 heteroatoms. The molecule has 1 heterocycles. The molecule has 0 aromatic carbocycles. The number of hydrogen-bond donors (Lipinski definition) is 0. The van der Waals surface area contributed by atoms with Crippen molar-refractivity contribution in [2.45, 2.75) is 13.8 Å². The van der Waals surface area contributed by atoms with Crippen molar-refractivity contribution < 1.29 is 0 Å². The molecule has 2 nitrogen and oxygen atoms in total. The van der Waals surface area contributed by atoms with Crippen LogP contribution in [0.15, 0.2) is 42.7 Å². The summed E-state index contributed by atoms with van der Waals surface area (Å²) in [4.78, 5) is 6.49. The number of halogens is 1. The molecule has 0 saturated carbocycles. The monoisotopic (exact) mass is 280 g/mol. The van der Waals surface area contributed by atoms with Crippen molar-refractivity contribution in [1.29, 1.82) is 0 Å². The molecule has 1 aromatic heterocycles. The minimum Gasteiger partial charge on any atom is -0.378 e. The lowest BCUT2D eigenvalue weighted by Gasteiger charge is -2.13. The average molecular weight is 281 g/mol. The summed E-state index contributed by atoms with van der Waals surface area (Å²) in [6.45, 7) is 6.35. The van der Waals surface area contributed by atoms with Crippen LogP contribution in [0.25, 0.3) is 4.48 Å². The molecule has 0 N–H and O–H groups in total. The van der Waals surface area contributed by atoms with Crippen molar-refractivity contribution in [2.24, 2.45) is 0 Å². The van der Waals surface area contributed by atoms with Crippen LogP contribution in [0.3, 0.4) is 0 Å². The molecule has 0 radical (unpaired) electrons. The van der Waals surface area contributed by atoms with Crippen molar-refractivity contribution in [2.75, 3.05) is 13.1 Å². The van der Waals surface area contributed by atoms with Gasteiger partial charge in [-0.3, -0.25) is 4.98 Å². The van der Waals surface area contributed by atoms with Crippen molar-refractivity contribution in [3.05, 3.63) is 48.4 Å². The van der Waals surface area contributed by atoms with E-state index in [1.54, 1.807) is 6.20 Å². The van der Waals surface area contributed by atoms with Crippen LogP contribution >= 0.6 is 15.9 Å². The Morgan fingerprint density at radius 2 is 2.12 bits per heavy atom. The van der Waals surface area contributed by atoms with Gasteiger partial charge in [-0.25, -0.2) is 0 Å². The first kappa shape index (κ1) is 13.0. The predicted octanol–water partition coefficient (Wildman–Crippen LogP) is 3.67. The van der Waals surface area contributed by atoms with Gasteiger partial charge in [-0.15, -0.1) is 0 Å². The third-order valence-electron chi connectivity index (χ3n) is 2.26. The zero-order chi connectivity index (χ0) is 11.8. The van der Waals surface area contributed by atoms with E-state index in [9.17, 15) is 0 Å². The maximum absolute atomic E-state index is 4.25. The lowest BCUT2D eigenvalue weighted by molar-refractivity contribution is 0.419. The maximum atomic E-state index is 4.25. The van der Waals surface area contributed by atoms with Gasteiger partial charge < -0.3 is 4.90 Å². The molecule has 1 aromatic rings. The molecule has 0 saturated heterocycles. The highest BCUT2D eigenvalue weighted by Gasteiger charge is 1.95. The quantitative estimate of drug-likeness (QED) is 0.765. The minimum atomic E-state index is 0.951. The van der Waals surface area contributed by atoms with Crippen LogP contribution < -0.4 is 0 Å². The van der Waals surface area contributed by atoms with E-state index < -0.39 is 0 Å². The summed E-state index contributed by atoms with van der Waals surface area (Å²) in [6.07, 6.45) is 7.93. The van der Waals surface area contributed by atoms with E-state index in [0.717, 1.165) is 23.3 Å². The van der Waals surface area contributed by atoms with Crippen molar-refractivity contribution in [3.8, 4) is 0 Å². The van der Waals surface area contributed by atoms with Crippen LogP contribution in [0.4, 0.5) is 0 Å². The molecule has 0 aliphatic carbocycles. The maximum Gasteiger partial charge on any atom is 0.0771 e. The van der Waals surface area contributed by atoms with E-state index in [4.69, 9.17) is 0 Å². The Morgan fingerprint density at radius 1 is 1.38 bits per heavy atom. The Balaban J connectivity index is 2.64. The van der Waals surface area contributed by atoms with E-state index >= 15 is 0 Å². The SMILES string of the molecule is CCN(/C=C/C=C(\Br)c1ccccn1)CC. The van der Waals surface area contributed by atoms with Gasteiger partial charge in [0.25, 0.3) is 0 Å². The van der Waals surface area contributed by atoms with Gasteiger partial charge >= 0.3 is 0 Å². The first-order chi connectivity index (χ1) is 7.77. The fourth-order valence-electron chi connectivity index (χ4n) is 1.27. The Bertz CT molecular complexity index is 353. The standard InChI is InChI=1S/C13H17BrN2/c1-3-16(4-2)11-7-8-12(14)13-9-5-6-10-15-13/h5-11H,3-4H2,1-2H3/b11-7+,12-8-. The number of aromatic nitrogens is 1. The molecule has 0 bridgehead atoms. The van der Waals surface area contributed by atoms with E-state index in [2.05, 4.69) is 45.9 Å². The second-order valence-electron chi connectivity index (χ2n) is 3.29. The Morgan fingerprint density at radius 3 is 2.69 bits per heavy atom. The first-order valence-electron chi connectivity index (χ1n) is 5.47. The molecule has 0 unspecified atom stereocenters. The average Bonchev–Trinajstić information content (AvgIpc) is 2.35. The van der Waals surface area contributed by atoms with Crippen LogP contribution in [0.2, 0.25) is 0 Å². The minimum absolute atomic E-state index is 0.951. The second-order valence-corrected chi connectivity index (χ2v) is 4.15.